The van der Waals surface area contributed by atoms with Gasteiger partial charge in [0.25, 0.3) is 0 Å². The molecule has 0 saturated carbocycles. The second-order valence-electron chi connectivity index (χ2n) is 2.61. The minimum Gasteiger partial charge on any atom is -0.285 e. The molecular weight excluding hydrogens is 160 g/mol. The predicted molar refractivity (Wildman–Crippen MR) is 46.9 cm³/mol. The summed E-state index contributed by atoms with van der Waals surface area (Å²) in [5.74, 6) is 0.783. The molecule has 0 amide bonds. The van der Waals surface area contributed by atoms with Gasteiger partial charge in [0.1, 0.15) is 0 Å². The fraction of sp³-hybridized carbons (Fsp3) is 0.625. The van der Waals surface area contributed by atoms with Gasteiger partial charge in [-0.3, -0.25) is 5.10 Å². The first kappa shape index (κ1) is 8.60. The summed E-state index contributed by atoms with van der Waals surface area (Å²) in [6.07, 6.45) is 8.50. The largest absolute Gasteiger partial charge is 0.285 e. The van der Waals surface area contributed by atoms with Crippen LogP contribution in [0.2, 0.25) is 0 Å². The Kier molecular flexibility index (Phi) is 4.06. The van der Waals surface area contributed by atoms with Crippen molar-refractivity contribution in [2.45, 2.75) is 25.7 Å². The molecule has 0 unspecified atom stereocenters. The first-order chi connectivity index (χ1) is 5.43. The van der Waals surface area contributed by atoms with Crippen molar-refractivity contribution in [1.29, 1.82) is 0 Å². The molecule has 1 aromatic rings. The zero-order chi connectivity index (χ0) is 7.94. The van der Waals surface area contributed by atoms with Crippen LogP contribution >= 0.6 is 11.6 Å². The van der Waals surface area contributed by atoms with Gasteiger partial charge in [-0.15, -0.1) is 11.6 Å². The average molecular weight is 173 g/mol. The molecule has 3 heteroatoms. The van der Waals surface area contributed by atoms with Gasteiger partial charge in [0.15, 0.2) is 0 Å². The molecule has 0 aliphatic carbocycles. The molecule has 11 heavy (non-hydrogen) atoms. The highest BCUT2D eigenvalue weighted by Gasteiger charge is 1.92. The maximum atomic E-state index is 5.54. The average Bonchev–Trinajstić information content (AvgIpc) is 2.50. The number of halogens is 1. The third-order valence-electron chi connectivity index (χ3n) is 1.65. The van der Waals surface area contributed by atoms with Crippen LogP contribution in [0.15, 0.2) is 12.4 Å². The lowest BCUT2D eigenvalue weighted by Gasteiger charge is -1.94. The SMILES string of the molecule is ClCCCCCc1cn[nH]c1. The summed E-state index contributed by atoms with van der Waals surface area (Å²) in [6.45, 7) is 0. The maximum Gasteiger partial charge on any atom is 0.0519 e. The number of nitrogens with zero attached hydrogens (tertiary/aromatic N) is 1. The number of aromatic nitrogens is 2. The Morgan fingerprint density at radius 1 is 1.36 bits per heavy atom. The number of aryl methyl sites for hydroxylation is 1. The summed E-state index contributed by atoms with van der Waals surface area (Å²) in [5, 5.41) is 6.66. The topological polar surface area (TPSA) is 28.7 Å². The van der Waals surface area contributed by atoms with Gasteiger partial charge >= 0.3 is 0 Å². The maximum absolute atomic E-state index is 5.54. The lowest BCUT2D eigenvalue weighted by atomic mass is 10.1. The van der Waals surface area contributed by atoms with Crippen LogP contribution in [0.5, 0.6) is 0 Å². The molecule has 0 saturated heterocycles. The van der Waals surface area contributed by atoms with E-state index in [9.17, 15) is 0 Å². The van der Waals surface area contributed by atoms with E-state index in [0.29, 0.717) is 0 Å². The number of unbranched alkanes of at least 4 members (excludes halogenated alkanes) is 2. The Hall–Kier alpha value is -0.500. The first-order valence-electron chi connectivity index (χ1n) is 3.97. The summed E-state index contributed by atoms with van der Waals surface area (Å²) in [5.41, 5.74) is 1.29. The Labute approximate surface area is 72.0 Å². The smallest absolute Gasteiger partial charge is 0.0519 e. The van der Waals surface area contributed by atoms with Crippen molar-refractivity contribution >= 4 is 11.6 Å². The van der Waals surface area contributed by atoms with Crippen LogP contribution in [0.25, 0.3) is 0 Å². The van der Waals surface area contributed by atoms with E-state index >= 15 is 0 Å². The van der Waals surface area contributed by atoms with Crippen molar-refractivity contribution in [1.82, 2.24) is 10.2 Å². The van der Waals surface area contributed by atoms with Gasteiger partial charge in [-0.1, -0.05) is 6.42 Å². The molecule has 1 aromatic heterocycles. The molecule has 0 radical (unpaired) electrons. The van der Waals surface area contributed by atoms with Crippen molar-refractivity contribution in [3.63, 3.8) is 0 Å². The molecule has 2 nitrogen and oxygen atoms in total. The highest BCUT2D eigenvalue weighted by Crippen LogP contribution is 2.04. The van der Waals surface area contributed by atoms with E-state index in [1.807, 2.05) is 12.4 Å². The van der Waals surface area contributed by atoms with Crippen LogP contribution in [0.1, 0.15) is 24.8 Å². The highest BCUT2D eigenvalue weighted by molar-refractivity contribution is 6.17. The van der Waals surface area contributed by atoms with Gasteiger partial charge in [-0.2, -0.15) is 5.10 Å². The number of hydrogen-bond acceptors (Lipinski definition) is 1. The van der Waals surface area contributed by atoms with Gasteiger partial charge in [0, 0.05) is 12.1 Å². The van der Waals surface area contributed by atoms with Crippen LogP contribution in [-0.4, -0.2) is 16.1 Å². The molecular formula is C8H13ClN2. The number of rotatable bonds is 5. The van der Waals surface area contributed by atoms with Gasteiger partial charge in [-0.25, -0.2) is 0 Å². The normalized spacial score (nSPS) is 10.3. The molecule has 1 rings (SSSR count). The summed E-state index contributed by atoms with van der Waals surface area (Å²) >= 11 is 5.54. The molecule has 0 aliphatic heterocycles. The van der Waals surface area contributed by atoms with Crippen molar-refractivity contribution in [2.24, 2.45) is 0 Å². The minimum absolute atomic E-state index is 0.783. The third-order valence-corrected chi connectivity index (χ3v) is 1.92. The predicted octanol–water partition coefficient (Wildman–Crippen LogP) is 2.36. The number of alkyl halides is 1. The van der Waals surface area contributed by atoms with E-state index in [1.165, 1.54) is 18.4 Å². The van der Waals surface area contributed by atoms with E-state index in [-0.39, 0.29) is 0 Å². The van der Waals surface area contributed by atoms with Crippen molar-refractivity contribution in [3.8, 4) is 0 Å². The number of H-pyrrole nitrogens is 1. The molecule has 0 bridgehead atoms. The van der Waals surface area contributed by atoms with E-state index in [0.717, 1.165) is 18.7 Å². The lowest BCUT2D eigenvalue weighted by molar-refractivity contribution is 0.721. The molecule has 0 spiro atoms. The molecule has 0 aromatic carbocycles. The molecule has 62 valence electrons. The molecule has 0 aliphatic rings. The quantitative estimate of drug-likeness (QED) is 0.536. The van der Waals surface area contributed by atoms with Crippen LogP contribution in [0, 0.1) is 0 Å². The van der Waals surface area contributed by atoms with Gasteiger partial charge in [0.05, 0.1) is 6.20 Å². The molecule has 0 atom stereocenters. The zero-order valence-electron chi connectivity index (χ0n) is 6.52. The monoisotopic (exact) mass is 172 g/mol. The lowest BCUT2D eigenvalue weighted by Crippen LogP contribution is -1.83. The highest BCUT2D eigenvalue weighted by atomic mass is 35.5. The Bertz CT molecular complexity index is 172. The van der Waals surface area contributed by atoms with Gasteiger partial charge in [0.2, 0.25) is 0 Å². The van der Waals surface area contributed by atoms with Crippen molar-refractivity contribution < 1.29 is 0 Å². The summed E-state index contributed by atoms with van der Waals surface area (Å²) in [4.78, 5) is 0. The van der Waals surface area contributed by atoms with E-state index in [1.54, 1.807) is 0 Å². The minimum atomic E-state index is 0.783. The van der Waals surface area contributed by atoms with Crippen LogP contribution in [-0.2, 0) is 6.42 Å². The first-order valence-corrected chi connectivity index (χ1v) is 4.50. The van der Waals surface area contributed by atoms with Crippen molar-refractivity contribution in [3.05, 3.63) is 18.0 Å². The molecule has 0 fully saturated rings. The summed E-state index contributed by atoms with van der Waals surface area (Å²) < 4.78 is 0. The third kappa shape index (κ3) is 3.42. The number of aromatic amines is 1. The number of hydrogen-bond donors (Lipinski definition) is 1. The van der Waals surface area contributed by atoms with Crippen LogP contribution in [0.3, 0.4) is 0 Å². The second-order valence-corrected chi connectivity index (χ2v) is 2.98. The van der Waals surface area contributed by atoms with E-state index in [4.69, 9.17) is 11.6 Å². The van der Waals surface area contributed by atoms with Crippen LogP contribution < -0.4 is 0 Å². The second kappa shape index (κ2) is 5.19. The summed E-state index contributed by atoms with van der Waals surface area (Å²) in [6, 6.07) is 0. The van der Waals surface area contributed by atoms with Gasteiger partial charge in [-0.05, 0) is 24.8 Å². The van der Waals surface area contributed by atoms with E-state index in [2.05, 4.69) is 10.2 Å². The Morgan fingerprint density at radius 3 is 2.91 bits per heavy atom. The Morgan fingerprint density at radius 2 is 2.27 bits per heavy atom. The van der Waals surface area contributed by atoms with Gasteiger partial charge < -0.3 is 0 Å². The van der Waals surface area contributed by atoms with Crippen molar-refractivity contribution in [2.75, 3.05) is 5.88 Å². The number of nitrogens with one attached hydrogen (secondary N) is 1. The van der Waals surface area contributed by atoms with Crippen LogP contribution in [0.4, 0.5) is 0 Å². The zero-order valence-corrected chi connectivity index (χ0v) is 7.27. The fourth-order valence-electron chi connectivity index (χ4n) is 1.01. The fourth-order valence-corrected chi connectivity index (χ4v) is 1.20. The molecule has 1 N–H and O–H groups in total. The Balaban J connectivity index is 2.04. The standard InChI is InChI=1S/C8H13ClN2/c9-5-3-1-2-4-8-6-10-11-7-8/h6-7H,1-5H2,(H,10,11). The summed E-state index contributed by atoms with van der Waals surface area (Å²) in [7, 11) is 0. The molecule has 1 heterocycles. The van der Waals surface area contributed by atoms with E-state index < -0.39 is 0 Å².